The lowest BCUT2D eigenvalue weighted by Crippen LogP contribution is -2.16. The topological polar surface area (TPSA) is 48.1 Å². The van der Waals surface area contributed by atoms with E-state index in [0.29, 0.717) is 12.5 Å². The van der Waals surface area contributed by atoms with Crippen LogP contribution in [0.25, 0.3) is 0 Å². The molecule has 3 nitrogen and oxygen atoms in total. The molecule has 1 aliphatic heterocycles. The maximum Gasteiger partial charge on any atom is 0.266 e. The highest BCUT2D eigenvalue weighted by Crippen LogP contribution is 2.27. The number of rotatable bonds is 3. The Balaban J connectivity index is 0.000000347. The number of nitrogens with zero attached hydrogens (tertiary/aromatic N) is 1. The lowest BCUT2D eigenvalue weighted by Gasteiger charge is -2.22. The van der Waals surface area contributed by atoms with Gasteiger partial charge < -0.3 is 10.5 Å². The number of halogens is 4. The lowest BCUT2D eigenvalue weighted by atomic mass is 9.96. The molecule has 2 N–H and O–H groups in total. The van der Waals surface area contributed by atoms with Crippen LogP contribution in [-0.4, -0.2) is 31.3 Å². The van der Waals surface area contributed by atoms with E-state index in [-0.39, 0.29) is 0 Å². The molecular formula is C13H18BrF3N2O. The second-order valence-corrected chi connectivity index (χ2v) is 5.16. The van der Waals surface area contributed by atoms with Crippen LogP contribution in [0.5, 0.6) is 0 Å². The van der Waals surface area contributed by atoms with Crippen molar-refractivity contribution in [1.29, 1.82) is 0 Å². The van der Waals surface area contributed by atoms with Gasteiger partial charge in [0.2, 0.25) is 0 Å². The highest BCUT2D eigenvalue weighted by atomic mass is 79.9. The summed E-state index contributed by atoms with van der Waals surface area (Å²) in [6.45, 7) is 0.651. The first-order chi connectivity index (χ1) is 9.58. The fourth-order valence-corrected chi connectivity index (χ4v) is 2.25. The average molecular weight is 355 g/mol. The molecule has 0 unspecified atom stereocenters. The number of ether oxygens (including phenoxy) is 1. The van der Waals surface area contributed by atoms with Crippen LogP contribution in [0.1, 0.15) is 30.1 Å². The van der Waals surface area contributed by atoms with E-state index in [9.17, 15) is 13.2 Å². The first-order valence-electron chi connectivity index (χ1n) is 6.35. The standard InChI is InChI=1S/C11H15BrN2O.C2H3F3/c12-9-1-2-10(14-11(9)7-13)8-3-5-15-6-4-8;3-1-2(4)5/h1-2,8H,3-7,13H2;2H,1H2. The monoisotopic (exact) mass is 354 g/mol. The van der Waals surface area contributed by atoms with Crippen LogP contribution in [0.15, 0.2) is 16.6 Å². The van der Waals surface area contributed by atoms with E-state index in [1.807, 2.05) is 6.07 Å². The van der Waals surface area contributed by atoms with E-state index in [0.717, 1.165) is 41.9 Å². The lowest BCUT2D eigenvalue weighted by molar-refractivity contribution is 0.0844. The number of nitrogens with two attached hydrogens (primary N) is 1. The van der Waals surface area contributed by atoms with Gasteiger partial charge in [-0.3, -0.25) is 4.98 Å². The largest absolute Gasteiger partial charge is 0.381 e. The second kappa shape index (κ2) is 9.31. The Hall–Kier alpha value is -0.660. The third-order valence-electron chi connectivity index (χ3n) is 2.89. The van der Waals surface area contributed by atoms with Crippen LogP contribution in [0.4, 0.5) is 13.2 Å². The van der Waals surface area contributed by atoms with E-state index in [1.165, 1.54) is 0 Å². The molecule has 0 aromatic carbocycles. The Bertz CT molecular complexity index is 401. The maximum absolute atomic E-state index is 10.4. The van der Waals surface area contributed by atoms with E-state index in [1.54, 1.807) is 0 Å². The molecule has 0 saturated carbocycles. The van der Waals surface area contributed by atoms with Crippen LogP contribution >= 0.6 is 15.9 Å². The number of pyridine rings is 1. The molecule has 2 rings (SSSR count). The number of alkyl halides is 3. The molecule has 7 heteroatoms. The number of hydrogen-bond acceptors (Lipinski definition) is 3. The van der Waals surface area contributed by atoms with Gasteiger partial charge in [-0.2, -0.15) is 0 Å². The third-order valence-corrected chi connectivity index (χ3v) is 3.61. The van der Waals surface area contributed by atoms with Crippen molar-refractivity contribution in [3.63, 3.8) is 0 Å². The molecule has 1 aromatic heterocycles. The Labute approximate surface area is 124 Å². The zero-order chi connectivity index (χ0) is 15.0. The van der Waals surface area contributed by atoms with Gasteiger partial charge in [-0.25, -0.2) is 13.2 Å². The summed E-state index contributed by atoms with van der Waals surface area (Å²) in [5, 5.41) is 0. The SMILES string of the molecule is FCC(F)F.NCc1nc(C2CCOCC2)ccc1Br. The molecule has 2 heterocycles. The minimum atomic E-state index is -2.78. The van der Waals surface area contributed by atoms with Gasteiger partial charge in [-0.1, -0.05) is 0 Å². The first kappa shape index (κ1) is 17.4. The molecule has 1 aromatic rings. The van der Waals surface area contributed by atoms with Crippen LogP contribution in [0.2, 0.25) is 0 Å². The number of aromatic nitrogens is 1. The Morgan fingerprint density at radius 2 is 1.95 bits per heavy atom. The predicted molar refractivity (Wildman–Crippen MR) is 74.6 cm³/mol. The smallest absolute Gasteiger partial charge is 0.266 e. The Kier molecular flexibility index (Phi) is 8.09. The molecule has 1 aliphatic rings. The van der Waals surface area contributed by atoms with E-state index >= 15 is 0 Å². The molecule has 0 atom stereocenters. The fourth-order valence-electron chi connectivity index (χ4n) is 1.87. The normalized spacial score (nSPS) is 15.9. The Morgan fingerprint density at radius 3 is 2.45 bits per heavy atom. The van der Waals surface area contributed by atoms with Crippen molar-refractivity contribution in [2.24, 2.45) is 5.73 Å². The van der Waals surface area contributed by atoms with Gasteiger partial charge in [-0.15, -0.1) is 0 Å². The van der Waals surface area contributed by atoms with Crippen LogP contribution in [-0.2, 0) is 11.3 Å². The Morgan fingerprint density at radius 1 is 1.35 bits per heavy atom. The minimum absolute atomic E-state index is 0.484. The van der Waals surface area contributed by atoms with E-state index in [2.05, 4.69) is 27.0 Å². The molecule has 0 spiro atoms. The van der Waals surface area contributed by atoms with Gasteiger partial charge in [-0.05, 0) is 40.9 Å². The van der Waals surface area contributed by atoms with Gasteiger partial charge in [0, 0.05) is 35.8 Å². The molecule has 20 heavy (non-hydrogen) atoms. The van der Waals surface area contributed by atoms with Crippen molar-refractivity contribution in [3.8, 4) is 0 Å². The summed E-state index contributed by atoms with van der Waals surface area (Å²) in [7, 11) is 0. The summed E-state index contributed by atoms with van der Waals surface area (Å²) in [6, 6.07) is 4.12. The summed E-state index contributed by atoms with van der Waals surface area (Å²) in [5.41, 5.74) is 7.73. The predicted octanol–water partition coefficient (Wildman–Crippen LogP) is 3.42. The molecule has 0 radical (unpaired) electrons. The van der Waals surface area contributed by atoms with Gasteiger partial charge >= 0.3 is 0 Å². The molecule has 0 bridgehead atoms. The van der Waals surface area contributed by atoms with Crippen molar-refractivity contribution < 1.29 is 17.9 Å². The van der Waals surface area contributed by atoms with Crippen molar-refractivity contribution in [2.45, 2.75) is 31.7 Å². The van der Waals surface area contributed by atoms with Crippen LogP contribution < -0.4 is 5.73 Å². The second-order valence-electron chi connectivity index (χ2n) is 4.30. The molecule has 1 saturated heterocycles. The zero-order valence-electron chi connectivity index (χ0n) is 11.0. The molecule has 114 valence electrons. The van der Waals surface area contributed by atoms with Crippen molar-refractivity contribution in [1.82, 2.24) is 4.98 Å². The zero-order valence-corrected chi connectivity index (χ0v) is 12.6. The van der Waals surface area contributed by atoms with Crippen molar-refractivity contribution in [2.75, 3.05) is 19.9 Å². The average Bonchev–Trinajstić information content (AvgIpc) is 2.49. The molecular weight excluding hydrogens is 337 g/mol. The third kappa shape index (κ3) is 5.76. The molecule has 0 amide bonds. The summed E-state index contributed by atoms with van der Waals surface area (Å²) >= 11 is 3.45. The van der Waals surface area contributed by atoms with Gasteiger partial charge in [0.15, 0.2) is 6.67 Å². The molecule has 0 aliphatic carbocycles. The highest BCUT2D eigenvalue weighted by molar-refractivity contribution is 9.10. The fraction of sp³-hybridized carbons (Fsp3) is 0.615. The van der Waals surface area contributed by atoms with Gasteiger partial charge in [0.1, 0.15) is 0 Å². The van der Waals surface area contributed by atoms with E-state index in [4.69, 9.17) is 10.5 Å². The molecule has 1 fully saturated rings. The minimum Gasteiger partial charge on any atom is -0.381 e. The van der Waals surface area contributed by atoms with Crippen LogP contribution in [0, 0.1) is 0 Å². The van der Waals surface area contributed by atoms with E-state index < -0.39 is 13.1 Å². The van der Waals surface area contributed by atoms with Crippen LogP contribution in [0.3, 0.4) is 0 Å². The summed E-state index contributed by atoms with van der Waals surface area (Å²) in [6.07, 6.45) is -0.646. The quantitative estimate of drug-likeness (QED) is 0.904. The maximum atomic E-state index is 10.4. The van der Waals surface area contributed by atoms with Gasteiger partial charge in [0.25, 0.3) is 6.43 Å². The summed E-state index contributed by atoms with van der Waals surface area (Å²) < 4.78 is 37.5. The first-order valence-corrected chi connectivity index (χ1v) is 7.15. The summed E-state index contributed by atoms with van der Waals surface area (Å²) in [5.74, 6) is 0.539. The van der Waals surface area contributed by atoms with Crippen molar-refractivity contribution in [3.05, 3.63) is 28.0 Å². The van der Waals surface area contributed by atoms with Crippen molar-refractivity contribution >= 4 is 15.9 Å². The number of hydrogen-bond donors (Lipinski definition) is 1. The highest BCUT2D eigenvalue weighted by Gasteiger charge is 2.17. The summed E-state index contributed by atoms with van der Waals surface area (Å²) in [4.78, 5) is 4.59. The van der Waals surface area contributed by atoms with Gasteiger partial charge in [0.05, 0.1) is 5.69 Å².